The van der Waals surface area contributed by atoms with Crippen molar-refractivity contribution in [3.63, 3.8) is 0 Å². The fourth-order valence-corrected chi connectivity index (χ4v) is 3.96. The number of benzene rings is 1. The average Bonchev–Trinajstić information content (AvgIpc) is 3.13. The van der Waals surface area contributed by atoms with Gasteiger partial charge < -0.3 is 19.3 Å². The number of carbonyl (C=O) groups is 2. The van der Waals surface area contributed by atoms with Gasteiger partial charge >= 0.3 is 5.97 Å². The number of amides is 1. The molecule has 0 saturated carbocycles. The molecule has 2 aromatic rings. The number of hydrogen-bond donors (Lipinski definition) is 1. The third-order valence-corrected chi connectivity index (χ3v) is 5.35. The van der Waals surface area contributed by atoms with Gasteiger partial charge in [0.1, 0.15) is 17.4 Å². The highest BCUT2D eigenvalue weighted by Crippen LogP contribution is 2.37. The Morgan fingerprint density at radius 3 is 2.96 bits per heavy atom. The molecule has 0 saturated heterocycles. The van der Waals surface area contributed by atoms with E-state index in [1.54, 1.807) is 30.0 Å². The first kappa shape index (κ1) is 20.4. The number of ether oxygens (including phenoxy) is 3. The summed E-state index contributed by atoms with van der Waals surface area (Å²) in [7, 11) is 0. The summed E-state index contributed by atoms with van der Waals surface area (Å²) in [5, 5.41) is 12.2. The van der Waals surface area contributed by atoms with Gasteiger partial charge in [-0.05, 0) is 36.1 Å². The molecule has 150 valence electrons. The highest BCUT2D eigenvalue weighted by molar-refractivity contribution is 7.14. The Labute approximate surface area is 171 Å². The maximum absolute atomic E-state index is 12.1. The summed E-state index contributed by atoms with van der Waals surface area (Å²) >= 11 is 7.71. The van der Waals surface area contributed by atoms with Crippen LogP contribution in [-0.4, -0.2) is 49.5 Å². The summed E-state index contributed by atoms with van der Waals surface area (Å²) in [4.78, 5) is 24.9. The minimum atomic E-state index is -1.01. The first-order valence-electron chi connectivity index (χ1n) is 8.76. The highest BCUT2D eigenvalue weighted by atomic mass is 35.5. The lowest BCUT2D eigenvalue weighted by Crippen LogP contribution is -2.40. The Morgan fingerprint density at radius 1 is 1.43 bits per heavy atom. The lowest BCUT2D eigenvalue weighted by Gasteiger charge is -2.26. The number of carboxylic acid groups (broad SMARTS) is 1. The molecule has 1 atom stereocenters. The number of rotatable bonds is 9. The van der Waals surface area contributed by atoms with Gasteiger partial charge in [0.15, 0.2) is 18.5 Å². The van der Waals surface area contributed by atoms with Crippen molar-refractivity contribution in [1.82, 2.24) is 0 Å². The molecular formula is C19H20ClNO6S. The Kier molecular flexibility index (Phi) is 6.77. The van der Waals surface area contributed by atoms with Crippen molar-refractivity contribution < 1.29 is 28.9 Å². The molecule has 28 heavy (non-hydrogen) atoms. The van der Waals surface area contributed by atoms with Gasteiger partial charge in [0.05, 0.1) is 11.6 Å². The molecule has 1 aromatic heterocycles. The van der Waals surface area contributed by atoms with Gasteiger partial charge in [0, 0.05) is 13.0 Å². The van der Waals surface area contributed by atoms with Crippen LogP contribution in [0, 0.1) is 0 Å². The van der Waals surface area contributed by atoms with Crippen LogP contribution in [0.3, 0.4) is 0 Å². The summed E-state index contributed by atoms with van der Waals surface area (Å²) in [6.45, 7) is 2.72. The summed E-state index contributed by atoms with van der Waals surface area (Å²) in [5.41, 5.74) is 0.741. The number of hydrogen-bond acceptors (Lipinski definition) is 6. The molecular weight excluding hydrogens is 406 g/mol. The molecule has 0 aliphatic carbocycles. The fourth-order valence-electron chi connectivity index (χ4n) is 2.82. The third-order valence-electron chi connectivity index (χ3n) is 4.14. The van der Waals surface area contributed by atoms with Gasteiger partial charge in [-0.2, -0.15) is 0 Å². The second kappa shape index (κ2) is 9.27. The van der Waals surface area contributed by atoms with Crippen LogP contribution in [0.2, 0.25) is 5.02 Å². The van der Waals surface area contributed by atoms with Crippen molar-refractivity contribution in [2.75, 3.05) is 31.3 Å². The zero-order valence-corrected chi connectivity index (χ0v) is 16.8. The number of carbonyl (C=O) groups excluding carboxylic acids is 1. The van der Waals surface area contributed by atoms with Crippen LogP contribution < -0.4 is 14.4 Å². The SMILES string of the molecule is CCOC(Cc1ccc(OCCN2C(=O)COc3ccsc32)c(Cl)c1)C(=O)O. The van der Waals surface area contributed by atoms with Crippen molar-refractivity contribution in [2.45, 2.75) is 19.4 Å². The monoisotopic (exact) mass is 425 g/mol. The number of nitrogens with zero attached hydrogens (tertiary/aromatic N) is 1. The predicted molar refractivity (Wildman–Crippen MR) is 106 cm³/mol. The van der Waals surface area contributed by atoms with E-state index in [-0.39, 0.29) is 25.5 Å². The smallest absolute Gasteiger partial charge is 0.333 e. The summed E-state index contributed by atoms with van der Waals surface area (Å²) < 4.78 is 16.3. The van der Waals surface area contributed by atoms with Crippen LogP contribution in [-0.2, 0) is 20.7 Å². The molecule has 0 fully saturated rings. The lowest BCUT2D eigenvalue weighted by atomic mass is 10.1. The maximum atomic E-state index is 12.1. The zero-order valence-electron chi connectivity index (χ0n) is 15.2. The van der Waals surface area contributed by atoms with E-state index < -0.39 is 12.1 Å². The van der Waals surface area contributed by atoms with Crippen molar-refractivity contribution in [3.05, 3.63) is 40.2 Å². The van der Waals surface area contributed by atoms with Gasteiger partial charge in [-0.25, -0.2) is 4.79 Å². The molecule has 1 N–H and O–H groups in total. The lowest BCUT2D eigenvalue weighted by molar-refractivity contribution is -0.149. The molecule has 0 spiro atoms. The van der Waals surface area contributed by atoms with E-state index in [1.165, 1.54) is 11.3 Å². The summed E-state index contributed by atoms with van der Waals surface area (Å²) in [5.74, 6) is 0.0483. The highest BCUT2D eigenvalue weighted by Gasteiger charge is 2.26. The van der Waals surface area contributed by atoms with Gasteiger partial charge in [-0.15, -0.1) is 11.3 Å². The van der Waals surface area contributed by atoms with Gasteiger partial charge in [0.25, 0.3) is 5.91 Å². The Bertz CT molecular complexity index is 855. The normalized spacial score (nSPS) is 14.4. The van der Waals surface area contributed by atoms with E-state index in [9.17, 15) is 14.7 Å². The van der Waals surface area contributed by atoms with Crippen molar-refractivity contribution >= 4 is 39.8 Å². The number of anilines is 1. The number of fused-ring (bicyclic) bond motifs is 1. The van der Waals surface area contributed by atoms with Gasteiger partial charge in [-0.3, -0.25) is 9.69 Å². The van der Waals surface area contributed by atoms with Crippen molar-refractivity contribution in [2.24, 2.45) is 0 Å². The van der Waals surface area contributed by atoms with Crippen molar-refractivity contribution in [1.29, 1.82) is 0 Å². The molecule has 1 aliphatic heterocycles. The zero-order chi connectivity index (χ0) is 20.1. The van der Waals surface area contributed by atoms with Crippen LogP contribution in [0.4, 0.5) is 5.00 Å². The maximum Gasteiger partial charge on any atom is 0.333 e. The first-order chi connectivity index (χ1) is 13.5. The molecule has 9 heteroatoms. The standard InChI is InChI=1S/C19H20ClNO6S/c1-2-25-16(19(23)24)10-12-3-4-14(13(20)9-12)26-7-6-21-17(22)11-27-15-5-8-28-18(15)21/h3-5,8-9,16H,2,6-7,10-11H2,1H3,(H,23,24). The second-order valence-corrected chi connectivity index (χ2v) is 7.33. The number of halogens is 1. The Morgan fingerprint density at radius 2 is 2.25 bits per heavy atom. The van der Waals surface area contributed by atoms with Crippen LogP contribution in [0.1, 0.15) is 12.5 Å². The molecule has 0 bridgehead atoms. The van der Waals surface area contributed by atoms with E-state index in [1.807, 2.05) is 11.4 Å². The molecule has 7 nitrogen and oxygen atoms in total. The molecule has 1 aromatic carbocycles. The first-order valence-corrected chi connectivity index (χ1v) is 10.0. The molecule has 3 rings (SSSR count). The quantitative estimate of drug-likeness (QED) is 0.663. The summed E-state index contributed by atoms with van der Waals surface area (Å²) in [6, 6.07) is 6.96. The molecule has 0 radical (unpaired) electrons. The van der Waals surface area contributed by atoms with Crippen LogP contribution in [0.15, 0.2) is 29.6 Å². The van der Waals surface area contributed by atoms with Crippen LogP contribution >= 0.6 is 22.9 Å². The Balaban J connectivity index is 1.58. The molecule has 1 amide bonds. The van der Waals surface area contributed by atoms with E-state index in [2.05, 4.69) is 0 Å². The topological polar surface area (TPSA) is 85.3 Å². The third kappa shape index (κ3) is 4.76. The fraction of sp³-hybridized carbons (Fsp3) is 0.368. The minimum Gasteiger partial charge on any atom is -0.490 e. The number of thiophene rings is 1. The number of aliphatic carboxylic acids is 1. The van der Waals surface area contributed by atoms with Gasteiger partial charge in [-0.1, -0.05) is 17.7 Å². The number of carboxylic acids is 1. The van der Waals surface area contributed by atoms with Gasteiger partial charge in [0.2, 0.25) is 0 Å². The average molecular weight is 426 g/mol. The summed E-state index contributed by atoms with van der Waals surface area (Å²) in [6.07, 6.45) is -0.702. The predicted octanol–water partition coefficient (Wildman–Crippen LogP) is 3.24. The second-order valence-electron chi connectivity index (χ2n) is 6.02. The Hall–Kier alpha value is -2.29. The van der Waals surface area contributed by atoms with Crippen LogP contribution in [0.25, 0.3) is 0 Å². The molecule has 2 heterocycles. The van der Waals surface area contributed by atoms with E-state index >= 15 is 0 Å². The van der Waals surface area contributed by atoms with E-state index in [0.29, 0.717) is 29.7 Å². The molecule has 1 unspecified atom stereocenters. The van der Waals surface area contributed by atoms with Crippen LogP contribution in [0.5, 0.6) is 11.5 Å². The van der Waals surface area contributed by atoms with E-state index in [4.69, 9.17) is 25.8 Å². The largest absolute Gasteiger partial charge is 0.490 e. The molecule has 1 aliphatic rings. The van der Waals surface area contributed by atoms with Crippen molar-refractivity contribution in [3.8, 4) is 11.5 Å². The van der Waals surface area contributed by atoms with E-state index in [0.717, 1.165) is 10.6 Å². The minimum absolute atomic E-state index is 0.0176.